The van der Waals surface area contributed by atoms with Crippen LogP contribution >= 0.6 is 0 Å². The molecule has 0 saturated carbocycles. The zero-order valence-corrected chi connectivity index (χ0v) is 7.22. The number of ether oxygens (including phenoxy) is 1. The Labute approximate surface area is 66.7 Å². The first-order chi connectivity index (χ1) is 5.11. The SMILES string of the molecule is CCC(=O)C(CC)OC(C)=O. The van der Waals surface area contributed by atoms with E-state index >= 15 is 0 Å². The van der Waals surface area contributed by atoms with E-state index in [2.05, 4.69) is 0 Å². The van der Waals surface area contributed by atoms with Crippen molar-refractivity contribution in [3.8, 4) is 0 Å². The van der Waals surface area contributed by atoms with Gasteiger partial charge in [0, 0.05) is 13.3 Å². The van der Waals surface area contributed by atoms with Gasteiger partial charge in [-0.1, -0.05) is 13.8 Å². The Hall–Kier alpha value is -0.860. The Morgan fingerprint density at radius 2 is 1.91 bits per heavy atom. The summed E-state index contributed by atoms with van der Waals surface area (Å²) >= 11 is 0. The highest BCUT2D eigenvalue weighted by Crippen LogP contribution is 2.02. The summed E-state index contributed by atoms with van der Waals surface area (Å²) < 4.78 is 4.76. The molecule has 0 aromatic rings. The van der Waals surface area contributed by atoms with Crippen LogP contribution in [0.15, 0.2) is 0 Å². The molecule has 0 aromatic heterocycles. The van der Waals surface area contributed by atoms with Gasteiger partial charge in [-0.25, -0.2) is 0 Å². The molecule has 0 aliphatic rings. The lowest BCUT2D eigenvalue weighted by Gasteiger charge is -2.11. The van der Waals surface area contributed by atoms with Gasteiger partial charge in [0.15, 0.2) is 11.9 Å². The first-order valence-corrected chi connectivity index (χ1v) is 3.81. The van der Waals surface area contributed by atoms with E-state index in [0.717, 1.165) is 0 Å². The smallest absolute Gasteiger partial charge is 0.303 e. The molecule has 0 fully saturated rings. The number of hydrogen-bond donors (Lipinski definition) is 0. The molecule has 3 nitrogen and oxygen atoms in total. The Bertz CT molecular complexity index is 151. The van der Waals surface area contributed by atoms with Crippen molar-refractivity contribution in [2.24, 2.45) is 0 Å². The monoisotopic (exact) mass is 158 g/mol. The topological polar surface area (TPSA) is 43.4 Å². The van der Waals surface area contributed by atoms with Crippen molar-refractivity contribution in [3.05, 3.63) is 0 Å². The minimum Gasteiger partial charge on any atom is -0.455 e. The Morgan fingerprint density at radius 1 is 1.36 bits per heavy atom. The number of Topliss-reactive ketones (excluding diaryl/α,β-unsaturated/α-hetero) is 1. The number of carbonyl (C=O) groups excluding carboxylic acids is 2. The summed E-state index contributed by atoms with van der Waals surface area (Å²) in [5.41, 5.74) is 0. The fourth-order valence-corrected chi connectivity index (χ4v) is 0.805. The quantitative estimate of drug-likeness (QED) is 0.579. The van der Waals surface area contributed by atoms with Crippen LogP contribution in [0.3, 0.4) is 0 Å². The standard InChI is InChI=1S/C8H14O3/c1-4-7(10)8(5-2)11-6(3)9/h8H,4-5H2,1-3H3. The van der Waals surface area contributed by atoms with E-state index < -0.39 is 12.1 Å². The third-order valence-corrected chi connectivity index (χ3v) is 1.39. The first kappa shape index (κ1) is 10.1. The van der Waals surface area contributed by atoms with Gasteiger partial charge in [-0.15, -0.1) is 0 Å². The maximum atomic E-state index is 11.0. The minimum absolute atomic E-state index is 0.0114. The molecular weight excluding hydrogens is 144 g/mol. The normalized spacial score (nSPS) is 12.3. The predicted octanol–water partition coefficient (Wildman–Crippen LogP) is 1.31. The average molecular weight is 158 g/mol. The molecule has 11 heavy (non-hydrogen) atoms. The molecule has 0 saturated heterocycles. The van der Waals surface area contributed by atoms with Crippen molar-refractivity contribution in [1.29, 1.82) is 0 Å². The van der Waals surface area contributed by atoms with Gasteiger partial charge in [-0.05, 0) is 6.42 Å². The zero-order valence-electron chi connectivity index (χ0n) is 7.22. The molecule has 0 spiro atoms. The second kappa shape index (κ2) is 4.88. The van der Waals surface area contributed by atoms with Crippen molar-refractivity contribution in [1.82, 2.24) is 0 Å². The van der Waals surface area contributed by atoms with Crippen LogP contribution in [0.2, 0.25) is 0 Å². The van der Waals surface area contributed by atoms with Gasteiger partial charge in [-0.2, -0.15) is 0 Å². The first-order valence-electron chi connectivity index (χ1n) is 3.81. The lowest BCUT2D eigenvalue weighted by atomic mass is 10.1. The summed E-state index contributed by atoms with van der Waals surface area (Å²) in [5.74, 6) is -0.402. The zero-order chi connectivity index (χ0) is 8.85. The lowest BCUT2D eigenvalue weighted by Crippen LogP contribution is -2.24. The van der Waals surface area contributed by atoms with Crippen molar-refractivity contribution >= 4 is 11.8 Å². The summed E-state index contributed by atoms with van der Waals surface area (Å²) in [6.07, 6.45) is 0.454. The van der Waals surface area contributed by atoms with Gasteiger partial charge in [0.2, 0.25) is 0 Å². The molecule has 0 aliphatic heterocycles. The van der Waals surface area contributed by atoms with Crippen molar-refractivity contribution < 1.29 is 14.3 Å². The van der Waals surface area contributed by atoms with Crippen LogP contribution in [0.4, 0.5) is 0 Å². The largest absolute Gasteiger partial charge is 0.455 e. The van der Waals surface area contributed by atoms with Gasteiger partial charge < -0.3 is 4.74 Å². The second-order valence-corrected chi connectivity index (χ2v) is 2.33. The molecule has 1 atom stereocenters. The molecule has 0 heterocycles. The molecule has 3 heteroatoms. The maximum absolute atomic E-state index is 11.0. The molecule has 0 bridgehead atoms. The molecule has 0 rings (SSSR count). The fraction of sp³-hybridized carbons (Fsp3) is 0.750. The van der Waals surface area contributed by atoms with Gasteiger partial charge in [-0.3, -0.25) is 9.59 Å². The summed E-state index contributed by atoms with van der Waals surface area (Å²) in [6, 6.07) is 0. The molecule has 0 aromatic carbocycles. The van der Waals surface area contributed by atoms with Crippen LogP contribution in [0.5, 0.6) is 0 Å². The van der Waals surface area contributed by atoms with E-state index in [1.807, 2.05) is 6.92 Å². The van der Waals surface area contributed by atoms with Crippen molar-refractivity contribution in [2.45, 2.75) is 39.7 Å². The van der Waals surface area contributed by atoms with Gasteiger partial charge in [0.05, 0.1) is 0 Å². The predicted molar refractivity (Wildman–Crippen MR) is 41.1 cm³/mol. The van der Waals surface area contributed by atoms with E-state index in [0.29, 0.717) is 12.8 Å². The summed E-state index contributed by atoms with van der Waals surface area (Å²) in [4.78, 5) is 21.5. The molecule has 0 aliphatic carbocycles. The molecule has 0 amide bonds. The van der Waals surface area contributed by atoms with Crippen LogP contribution in [0.1, 0.15) is 33.6 Å². The van der Waals surface area contributed by atoms with E-state index in [1.54, 1.807) is 6.92 Å². The van der Waals surface area contributed by atoms with Crippen molar-refractivity contribution in [3.63, 3.8) is 0 Å². The number of ketones is 1. The molecule has 1 unspecified atom stereocenters. The third kappa shape index (κ3) is 3.75. The molecule has 0 radical (unpaired) electrons. The van der Waals surface area contributed by atoms with Crippen LogP contribution < -0.4 is 0 Å². The fourth-order valence-electron chi connectivity index (χ4n) is 0.805. The van der Waals surface area contributed by atoms with Crippen LogP contribution in [-0.4, -0.2) is 17.9 Å². The van der Waals surface area contributed by atoms with Crippen molar-refractivity contribution in [2.75, 3.05) is 0 Å². The third-order valence-electron chi connectivity index (χ3n) is 1.39. The van der Waals surface area contributed by atoms with E-state index in [1.165, 1.54) is 6.92 Å². The second-order valence-electron chi connectivity index (χ2n) is 2.33. The van der Waals surface area contributed by atoms with E-state index in [-0.39, 0.29) is 5.78 Å². The molecular formula is C8H14O3. The summed E-state index contributed by atoms with van der Waals surface area (Å²) in [5, 5.41) is 0. The number of hydrogen-bond acceptors (Lipinski definition) is 3. The number of rotatable bonds is 4. The van der Waals surface area contributed by atoms with E-state index in [9.17, 15) is 9.59 Å². The Balaban J connectivity index is 3.94. The van der Waals surface area contributed by atoms with E-state index in [4.69, 9.17) is 4.74 Å². The molecule has 64 valence electrons. The average Bonchev–Trinajstić information content (AvgIpc) is 1.98. The van der Waals surface area contributed by atoms with Gasteiger partial charge in [0.1, 0.15) is 0 Å². The Kier molecular flexibility index (Phi) is 4.50. The lowest BCUT2D eigenvalue weighted by molar-refractivity contribution is -0.153. The highest BCUT2D eigenvalue weighted by Gasteiger charge is 2.16. The number of carbonyl (C=O) groups is 2. The number of esters is 1. The Morgan fingerprint density at radius 3 is 2.18 bits per heavy atom. The van der Waals surface area contributed by atoms with Crippen LogP contribution in [0.25, 0.3) is 0 Å². The summed E-state index contributed by atoms with van der Waals surface area (Å²) in [6.45, 7) is 4.89. The highest BCUT2D eigenvalue weighted by molar-refractivity contribution is 5.84. The van der Waals surface area contributed by atoms with Gasteiger partial charge in [0.25, 0.3) is 0 Å². The minimum atomic E-state index is -0.530. The molecule has 0 N–H and O–H groups in total. The summed E-state index contributed by atoms with van der Waals surface area (Å²) in [7, 11) is 0. The van der Waals surface area contributed by atoms with Crippen LogP contribution in [-0.2, 0) is 14.3 Å². The van der Waals surface area contributed by atoms with Gasteiger partial charge >= 0.3 is 5.97 Å². The maximum Gasteiger partial charge on any atom is 0.303 e. The van der Waals surface area contributed by atoms with Crippen LogP contribution in [0, 0.1) is 0 Å². The highest BCUT2D eigenvalue weighted by atomic mass is 16.5.